The second kappa shape index (κ2) is 4.19. The minimum absolute atomic E-state index is 0.152. The van der Waals surface area contributed by atoms with Crippen molar-refractivity contribution in [3.8, 4) is 0 Å². The monoisotopic (exact) mass is 233 g/mol. The smallest absolute Gasteiger partial charge is 0.337 e. The van der Waals surface area contributed by atoms with Crippen molar-refractivity contribution in [2.45, 2.75) is 6.10 Å². The number of benzene rings is 1. The fourth-order valence-corrected chi connectivity index (χ4v) is 1.04. The van der Waals surface area contributed by atoms with E-state index >= 15 is 0 Å². The van der Waals surface area contributed by atoms with Gasteiger partial charge in [-0.15, -0.1) is 0 Å². The number of hydrogen-bond acceptors (Lipinski definition) is 4. The summed E-state index contributed by atoms with van der Waals surface area (Å²) in [5.41, 5.74) is -1.96. The van der Waals surface area contributed by atoms with E-state index in [2.05, 4.69) is 0 Å². The van der Waals surface area contributed by atoms with Crippen molar-refractivity contribution in [2.24, 2.45) is 0 Å². The van der Waals surface area contributed by atoms with Crippen LogP contribution in [0, 0.1) is 21.7 Å². The molecule has 0 radical (unpaired) electrons. The summed E-state index contributed by atoms with van der Waals surface area (Å²) < 4.78 is 25.9. The lowest BCUT2D eigenvalue weighted by Crippen LogP contribution is -2.13. The van der Waals surface area contributed by atoms with Crippen LogP contribution >= 0.6 is 0 Å². The average molecular weight is 233 g/mol. The number of nitro benzene ring substituents is 1. The number of carboxylic acids is 1. The SMILES string of the molecule is O=C(O)C(O)c1cc([N+](=O)[O-])c(F)cc1F. The lowest BCUT2D eigenvalue weighted by atomic mass is 10.1. The Balaban J connectivity index is 3.35. The number of aliphatic carboxylic acids is 1. The topological polar surface area (TPSA) is 101 Å². The molecular formula is C8H5F2NO5. The number of aliphatic hydroxyl groups is 1. The number of carbonyl (C=O) groups is 1. The first-order valence-electron chi connectivity index (χ1n) is 3.88. The van der Waals surface area contributed by atoms with Gasteiger partial charge in [0.05, 0.1) is 4.92 Å². The van der Waals surface area contributed by atoms with Crippen molar-refractivity contribution in [1.29, 1.82) is 0 Å². The fourth-order valence-electron chi connectivity index (χ4n) is 1.04. The van der Waals surface area contributed by atoms with Crippen LogP contribution in [-0.2, 0) is 4.79 Å². The lowest BCUT2D eigenvalue weighted by Gasteiger charge is -2.06. The Kier molecular flexibility index (Phi) is 3.14. The maximum absolute atomic E-state index is 13.0. The number of aliphatic hydroxyl groups excluding tert-OH is 1. The molecule has 16 heavy (non-hydrogen) atoms. The summed E-state index contributed by atoms with van der Waals surface area (Å²) in [7, 11) is 0. The van der Waals surface area contributed by atoms with Crippen LogP contribution in [0.4, 0.5) is 14.5 Å². The van der Waals surface area contributed by atoms with Crippen molar-refractivity contribution in [3.63, 3.8) is 0 Å². The minimum atomic E-state index is -2.28. The molecule has 0 saturated carbocycles. The van der Waals surface area contributed by atoms with Crippen LogP contribution < -0.4 is 0 Å². The van der Waals surface area contributed by atoms with Crippen LogP contribution in [0.2, 0.25) is 0 Å². The van der Waals surface area contributed by atoms with Gasteiger partial charge < -0.3 is 10.2 Å². The highest BCUT2D eigenvalue weighted by Gasteiger charge is 2.26. The first kappa shape index (κ1) is 12.0. The summed E-state index contributed by atoms with van der Waals surface area (Å²) in [6.07, 6.45) is -2.28. The molecule has 86 valence electrons. The lowest BCUT2D eigenvalue weighted by molar-refractivity contribution is -0.387. The first-order chi connectivity index (χ1) is 7.34. The quantitative estimate of drug-likeness (QED) is 0.598. The van der Waals surface area contributed by atoms with Crippen molar-refractivity contribution in [2.75, 3.05) is 0 Å². The van der Waals surface area contributed by atoms with E-state index < -0.39 is 39.9 Å². The van der Waals surface area contributed by atoms with E-state index in [0.29, 0.717) is 6.07 Å². The van der Waals surface area contributed by atoms with Crippen LogP contribution in [0.15, 0.2) is 12.1 Å². The van der Waals surface area contributed by atoms with E-state index in [1.807, 2.05) is 0 Å². The van der Waals surface area contributed by atoms with Crippen molar-refractivity contribution in [3.05, 3.63) is 39.4 Å². The molecule has 1 aromatic rings. The largest absolute Gasteiger partial charge is 0.479 e. The molecule has 0 aliphatic heterocycles. The van der Waals surface area contributed by atoms with E-state index in [1.165, 1.54) is 0 Å². The Bertz CT molecular complexity index is 462. The zero-order valence-corrected chi connectivity index (χ0v) is 7.55. The van der Waals surface area contributed by atoms with Crippen molar-refractivity contribution >= 4 is 11.7 Å². The Morgan fingerprint density at radius 2 is 1.94 bits per heavy atom. The molecular weight excluding hydrogens is 228 g/mol. The van der Waals surface area contributed by atoms with Crippen LogP contribution in [0.1, 0.15) is 11.7 Å². The number of hydrogen-bond donors (Lipinski definition) is 2. The van der Waals surface area contributed by atoms with Gasteiger partial charge in [0.15, 0.2) is 6.10 Å². The number of halogens is 2. The summed E-state index contributed by atoms with van der Waals surface area (Å²) in [6.45, 7) is 0. The molecule has 0 fully saturated rings. The minimum Gasteiger partial charge on any atom is -0.479 e. The van der Waals surface area contributed by atoms with Gasteiger partial charge in [0.1, 0.15) is 5.82 Å². The van der Waals surface area contributed by atoms with Crippen LogP contribution in [0.5, 0.6) is 0 Å². The molecule has 0 saturated heterocycles. The van der Waals surface area contributed by atoms with Gasteiger partial charge in [-0.3, -0.25) is 10.1 Å². The molecule has 1 unspecified atom stereocenters. The normalized spacial score (nSPS) is 12.2. The predicted molar refractivity (Wildman–Crippen MR) is 45.6 cm³/mol. The van der Waals surface area contributed by atoms with Gasteiger partial charge in [-0.25, -0.2) is 9.18 Å². The molecule has 1 atom stereocenters. The molecule has 0 heterocycles. The number of nitro groups is 1. The second-order valence-electron chi connectivity index (χ2n) is 2.82. The number of carboxylic acid groups (broad SMARTS) is 1. The van der Waals surface area contributed by atoms with E-state index in [4.69, 9.17) is 10.2 Å². The van der Waals surface area contributed by atoms with Gasteiger partial charge in [0.25, 0.3) is 0 Å². The van der Waals surface area contributed by atoms with Crippen molar-refractivity contribution < 1.29 is 28.7 Å². The second-order valence-corrected chi connectivity index (χ2v) is 2.82. The molecule has 6 nitrogen and oxygen atoms in total. The highest BCUT2D eigenvalue weighted by atomic mass is 19.1. The fraction of sp³-hybridized carbons (Fsp3) is 0.125. The van der Waals surface area contributed by atoms with Gasteiger partial charge in [-0.1, -0.05) is 0 Å². The third kappa shape index (κ3) is 2.11. The standard InChI is InChI=1S/C8H5F2NO5/c9-4-2-5(10)6(11(15)16)1-3(4)7(12)8(13)14/h1-2,7,12H,(H,13,14). The molecule has 0 aliphatic carbocycles. The molecule has 2 N–H and O–H groups in total. The third-order valence-corrected chi connectivity index (χ3v) is 1.79. The summed E-state index contributed by atoms with van der Waals surface area (Å²) in [6, 6.07) is 0.503. The van der Waals surface area contributed by atoms with Crippen LogP contribution in [-0.4, -0.2) is 21.1 Å². The molecule has 1 aromatic carbocycles. The molecule has 0 spiro atoms. The maximum atomic E-state index is 13.0. The highest BCUT2D eigenvalue weighted by Crippen LogP contribution is 2.25. The Morgan fingerprint density at radius 1 is 1.38 bits per heavy atom. The van der Waals surface area contributed by atoms with Crippen LogP contribution in [0.3, 0.4) is 0 Å². The molecule has 0 bridgehead atoms. The Hall–Kier alpha value is -2.09. The Labute approximate surface area is 86.9 Å². The molecule has 8 heteroatoms. The van der Waals surface area contributed by atoms with Gasteiger partial charge in [0, 0.05) is 17.7 Å². The van der Waals surface area contributed by atoms with E-state index in [1.54, 1.807) is 0 Å². The molecule has 0 amide bonds. The molecule has 0 aromatic heterocycles. The first-order valence-corrected chi connectivity index (χ1v) is 3.88. The van der Waals surface area contributed by atoms with Crippen molar-refractivity contribution in [1.82, 2.24) is 0 Å². The molecule has 0 aliphatic rings. The van der Waals surface area contributed by atoms with E-state index in [-0.39, 0.29) is 6.07 Å². The highest BCUT2D eigenvalue weighted by molar-refractivity contribution is 5.74. The third-order valence-electron chi connectivity index (χ3n) is 1.79. The summed E-state index contributed by atoms with van der Waals surface area (Å²) in [4.78, 5) is 19.5. The van der Waals surface area contributed by atoms with E-state index in [0.717, 1.165) is 0 Å². The van der Waals surface area contributed by atoms with Gasteiger partial charge >= 0.3 is 11.7 Å². The zero-order chi connectivity index (χ0) is 12.5. The molecule has 1 rings (SSSR count). The number of rotatable bonds is 3. The number of nitrogens with zero attached hydrogens (tertiary/aromatic N) is 1. The van der Waals surface area contributed by atoms with E-state index in [9.17, 15) is 23.7 Å². The summed E-state index contributed by atoms with van der Waals surface area (Å²) in [5, 5.41) is 27.7. The summed E-state index contributed by atoms with van der Waals surface area (Å²) >= 11 is 0. The maximum Gasteiger partial charge on any atom is 0.337 e. The Morgan fingerprint density at radius 3 is 2.38 bits per heavy atom. The van der Waals surface area contributed by atoms with Crippen LogP contribution in [0.25, 0.3) is 0 Å². The van der Waals surface area contributed by atoms with Gasteiger partial charge in [-0.2, -0.15) is 4.39 Å². The zero-order valence-electron chi connectivity index (χ0n) is 7.55. The average Bonchev–Trinajstić information content (AvgIpc) is 2.16. The van der Waals surface area contributed by atoms with Gasteiger partial charge in [-0.05, 0) is 0 Å². The summed E-state index contributed by atoms with van der Waals surface area (Å²) in [5.74, 6) is -4.60. The predicted octanol–water partition coefficient (Wildman–Crippen LogP) is 0.991. The van der Waals surface area contributed by atoms with Gasteiger partial charge in [0.2, 0.25) is 5.82 Å².